The molecule has 8 heteroatoms. The van der Waals surface area contributed by atoms with Gasteiger partial charge in [0.25, 0.3) is 0 Å². The number of carbonyl (C=O) groups is 1. The summed E-state index contributed by atoms with van der Waals surface area (Å²) in [5, 5.41) is 15.7. The first kappa shape index (κ1) is 16.6. The zero-order valence-corrected chi connectivity index (χ0v) is 16.1. The van der Waals surface area contributed by atoms with Crippen LogP contribution in [0.1, 0.15) is 30.4 Å². The number of hydrogen-bond acceptors (Lipinski definition) is 6. The third-order valence-corrected chi connectivity index (χ3v) is 6.49. The van der Waals surface area contributed by atoms with Gasteiger partial charge in [-0.05, 0) is 36.4 Å². The predicted molar refractivity (Wildman–Crippen MR) is 106 cm³/mol. The van der Waals surface area contributed by atoms with Crippen LogP contribution in [-0.4, -0.2) is 36.9 Å². The molecule has 5 rings (SSSR count). The highest BCUT2D eigenvalue weighted by atomic mass is 32.1. The standard InChI is InChI=1S/C19H17N5OS2/c25-17(10-14-12-27-19(20-14)13-6-9-26-11-13)23-8-3-4-15(23)18-22-21-16-5-1-2-7-24(16)18/h1-2,5-7,9,11-12,15H,3-4,8,10H2. The lowest BCUT2D eigenvalue weighted by molar-refractivity contribution is -0.131. The smallest absolute Gasteiger partial charge is 0.229 e. The van der Waals surface area contributed by atoms with E-state index in [1.54, 1.807) is 22.7 Å². The van der Waals surface area contributed by atoms with Crippen LogP contribution in [0.15, 0.2) is 46.6 Å². The summed E-state index contributed by atoms with van der Waals surface area (Å²) in [6.07, 6.45) is 4.18. The van der Waals surface area contributed by atoms with Crippen molar-refractivity contribution >= 4 is 34.2 Å². The van der Waals surface area contributed by atoms with Gasteiger partial charge in [0.15, 0.2) is 11.5 Å². The molecule has 0 bridgehead atoms. The van der Waals surface area contributed by atoms with Crippen molar-refractivity contribution in [1.29, 1.82) is 0 Å². The van der Waals surface area contributed by atoms with Gasteiger partial charge in [-0.1, -0.05) is 6.07 Å². The van der Waals surface area contributed by atoms with E-state index in [-0.39, 0.29) is 11.9 Å². The van der Waals surface area contributed by atoms with E-state index in [1.165, 1.54) is 0 Å². The summed E-state index contributed by atoms with van der Waals surface area (Å²) < 4.78 is 1.98. The minimum absolute atomic E-state index is 0.0233. The van der Waals surface area contributed by atoms with E-state index in [2.05, 4.69) is 26.6 Å². The van der Waals surface area contributed by atoms with E-state index < -0.39 is 0 Å². The highest BCUT2D eigenvalue weighted by Crippen LogP contribution is 2.32. The van der Waals surface area contributed by atoms with Gasteiger partial charge in [0.2, 0.25) is 5.91 Å². The Balaban J connectivity index is 1.36. The van der Waals surface area contributed by atoms with Gasteiger partial charge in [-0.2, -0.15) is 11.3 Å². The van der Waals surface area contributed by atoms with Crippen LogP contribution in [0.4, 0.5) is 0 Å². The highest BCUT2D eigenvalue weighted by molar-refractivity contribution is 7.14. The van der Waals surface area contributed by atoms with Crippen LogP contribution < -0.4 is 0 Å². The molecule has 4 aromatic heterocycles. The topological polar surface area (TPSA) is 63.4 Å². The Morgan fingerprint density at radius 3 is 3.07 bits per heavy atom. The van der Waals surface area contributed by atoms with Gasteiger partial charge >= 0.3 is 0 Å². The minimum atomic E-state index is -0.0233. The molecule has 136 valence electrons. The first-order chi connectivity index (χ1) is 13.3. The minimum Gasteiger partial charge on any atom is -0.332 e. The molecule has 0 spiro atoms. The molecule has 1 fully saturated rings. The summed E-state index contributed by atoms with van der Waals surface area (Å²) in [7, 11) is 0. The molecule has 1 saturated heterocycles. The summed E-state index contributed by atoms with van der Waals surface area (Å²) >= 11 is 3.24. The van der Waals surface area contributed by atoms with E-state index in [0.717, 1.165) is 47.1 Å². The summed E-state index contributed by atoms with van der Waals surface area (Å²) in [4.78, 5) is 19.6. The second-order valence-electron chi connectivity index (χ2n) is 6.56. The van der Waals surface area contributed by atoms with E-state index in [0.29, 0.717) is 6.42 Å². The van der Waals surface area contributed by atoms with E-state index >= 15 is 0 Å². The molecule has 0 aliphatic carbocycles. The highest BCUT2D eigenvalue weighted by Gasteiger charge is 2.33. The van der Waals surface area contributed by atoms with Crippen LogP contribution in [0.25, 0.3) is 16.2 Å². The molecular formula is C19H17N5OS2. The summed E-state index contributed by atoms with van der Waals surface area (Å²) in [6, 6.07) is 7.87. The number of hydrogen-bond donors (Lipinski definition) is 0. The normalized spacial score (nSPS) is 17.0. The number of nitrogens with zero attached hydrogens (tertiary/aromatic N) is 5. The van der Waals surface area contributed by atoms with Crippen LogP contribution >= 0.6 is 22.7 Å². The number of carbonyl (C=O) groups excluding carboxylic acids is 1. The molecule has 6 nitrogen and oxygen atoms in total. The monoisotopic (exact) mass is 395 g/mol. The first-order valence-electron chi connectivity index (χ1n) is 8.86. The maximum absolute atomic E-state index is 13.0. The Labute approximate surface area is 164 Å². The zero-order valence-electron chi connectivity index (χ0n) is 14.5. The van der Waals surface area contributed by atoms with Crippen molar-refractivity contribution in [2.75, 3.05) is 6.54 Å². The van der Waals surface area contributed by atoms with Crippen LogP contribution in [0, 0.1) is 0 Å². The molecule has 1 aliphatic heterocycles. The molecule has 1 atom stereocenters. The number of aromatic nitrogens is 4. The van der Waals surface area contributed by atoms with Crippen molar-refractivity contribution < 1.29 is 4.79 Å². The third kappa shape index (κ3) is 3.04. The summed E-state index contributed by atoms with van der Waals surface area (Å²) in [5.41, 5.74) is 2.77. The van der Waals surface area contributed by atoms with Crippen molar-refractivity contribution in [2.45, 2.75) is 25.3 Å². The third-order valence-electron chi connectivity index (χ3n) is 4.86. The van der Waals surface area contributed by atoms with E-state index in [1.807, 2.05) is 44.5 Å². The van der Waals surface area contributed by atoms with Gasteiger partial charge in [0, 0.05) is 29.1 Å². The molecule has 0 saturated carbocycles. The lowest BCUT2D eigenvalue weighted by Gasteiger charge is -2.23. The number of thiazole rings is 1. The molecule has 0 aromatic carbocycles. The largest absolute Gasteiger partial charge is 0.332 e. The Bertz CT molecular complexity index is 1080. The fourth-order valence-corrected chi connectivity index (χ4v) is 5.12. The van der Waals surface area contributed by atoms with Crippen molar-refractivity contribution in [1.82, 2.24) is 24.5 Å². The molecule has 27 heavy (non-hydrogen) atoms. The van der Waals surface area contributed by atoms with Crippen LogP contribution in [-0.2, 0) is 11.2 Å². The second kappa shape index (κ2) is 6.86. The number of thiophene rings is 1. The van der Waals surface area contributed by atoms with E-state index in [9.17, 15) is 4.79 Å². The average Bonchev–Trinajstić information content (AvgIpc) is 3.46. The van der Waals surface area contributed by atoms with Gasteiger partial charge < -0.3 is 4.90 Å². The molecule has 1 aliphatic rings. The van der Waals surface area contributed by atoms with E-state index in [4.69, 9.17) is 0 Å². The predicted octanol–water partition coefficient (Wildman–Crippen LogP) is 3.82. The maximum atomic E-state index is 13.0. The van der Waals surface area contributed by atoms with Gasteiger partial charge in [0.1, 0.15) is 5.01 Å². The van der Waals surface area contributed by atoms with Crippen molar-refractivity contribution in [3.05, 3.63) is 58.1 Å². The zero-order chi connectivity index (χ0) is 18.2. The van der Waals surface area contributed by atoms with Crippen LogP contribution in [0.2, 0.25) is 0 Å². The summed E-state index contributed by atoms with van der Waals surface area (Å²) in [5.74, 6) is 0.945. The van der Waals surface area contributed by atoms with Crippen molar-refractivity contribution in [3.63, 3.8) is 0 Å². The fraction of sp³-hybridized carbons (Fsp3) is 0.263. The molecule has 0 radical (unpaired) electrons. The molecule has 1 amide bonds. The SMILES string of the molecule is O=C(Cc1csc(-c2ccsc2)n1)N1CCCC1c1nnc2ccccn12. The second-order valence-corrected chi connectivity index (χ2v) is 8.20. The van der Waals surface area contributed by atoms with Crippen LogP contribution in [0.5, 0.6) is 0 Å². The molecule has 4 aromatic rings. The molecule has 5 heterocycles. The van der Waals surface area contributed by atoms with Crippen LogP contribution in [0.3, 0.4) is 0 Å². The van der Waals surface area contributed by atoms with Gasteiger partial charge in [-0.25, -0.2) is 4.98 Å². The van der Waals surface area contributed by atoms with Gasteiger partial charge in [-0.15, -0.1) is 21.5 Å². The summed E-state index contributed by atoms with van der Waals surface area (Å²) in [6.45, 7) is 0.757. The molecular weight excluding hydrogens is 378 g/mol. The Morgan fingerprint density at radius 2 is 2.19 bits per heavy atom. The fourth-order valence-electron chi connectivity index (χ4n) is 3.58. The van der Waals surface area contributed by atoms with Crippen molar-refractivity contribution in [3.8, 4) is 10.6 Å². The average molecular weight is 396 g/mol. The number of likely N-dealkylation sites (tertiary alicyclic amines) is 1. The number of fused-ring (bicyclic) bond motifs is 1. The Hall–Kier alpha value is -2.58. The quantitative estimate of drug-likeness (QED) is 0.527. The number of amides is 1. The van der Waals surface area contributed by atoms with Crippen molar-refractivity contribution in [2.24, 2.45) is 0 Å². The maximum Gasteiger partial charge on any atom is 0.229 e. The number of rotatable bonds is 4. The van der Waals surface area contributed by atoms with Gasteiger partial charge in [-0.3, -0.25) is 9.20 Å². The van der Waals surface area contributed by atoms with Gasteiger partial charge in [0.05, 0.1) is 18.2 Å². The first-order valence-corrected chi connectivity index (χ1v) is 10.7. The Kier molecular flexibility index (Phi) is 4.21. The molecule has 0 N–H and O–H groups in total. The number of pyridine rings is 1. The lowest BCUT2D eigenvalue weighted by Crippen LogP contribution is -2.32. The lowest BCUT2D eigenvalue weighted by atomic mass is 10.2. The molecule has 1 unspecified atom stereocenters. The Morgan fingerprint density at radius 1 is 1.22 bits per heavy atom.